The summed E-state index contributed by atoms with van der Waals surface area (Å²) in [7, 11) is 0. The first-order chi connectivity index (χ1) is 8.49. The van der Waals surface area contributed by atoms with Gasteiger partial charge >= 0.3 is 0 Å². The molecular weight excluding hydrogens is 222 g/mol. The van der Waals surface area contributed by atoms with Gasteiger partial charge in [-0.05, 0) is 56.9 Å². The lowest BCUT2D eigenvalue weighted by atomic mass is 9.74. The summed E-state index contributed by atoms with van der Waals surface area (Å²) in [6.45, 7) is 13.6. The Morgan fingerprint density at radius 2 is 1.83 bits per heavy atom. The molecule has 0 aromatic heterocycles. The van der Waals surface area contributed by atoms with Crippen LogP contribution in [0, 0.1) is 17.8 Å². The largest absolute Gasteiger partial charge is 0.393 e. The van der Waals surface area contributed by atoms with Crippen molar-refractivity contribution in [1.82, 2.24) is 4.90 Å². The van der Waals surface area contributed by atoms with E-state index in [1.807, 2.05) is 0 Å². The van der Waals surface area contributed by atoms with E-state index < -0.39 is 0 Å². The minimum absolute atomic E-state index is 0.0712. The zero-order chi connectivity index (χ0) is 13.7. The molecule has 0 aliphatic heterocycles. The van der Waals surface area contributed by atoms with Crippen LogP contribution in [0.3, 0.4) is 0 Å². The fourth-order valence-corrected chi connectivity index (χ4v) is 3.27. The fraction of sp³-hybridized carbons (Fsp3) is 1.00. The van der Waals surface area contributed by atoms with Gasteiger partial charge in [0.15, 0.2) is 0 Å². The van der Waals surface area contributed by atoms with Crippen molar-refractivity contribution in [3.05, 3.63) is 0 Å². The maximum Gasteiger partial charge on any atom is 0.0580 e. The van der Waals surface area contributed by atoms with Crippen LogP contribution in [-0.2, 0) is 0 Å². The zero-order valence-electron chi connectivity index (χ0n) is 13.0. The molecule has 1 N–H and O–H groups in total. The van der Waals surface area contributed by atoms with Gasteiger partial charge in [-0.15, -0.1) is 0 Å². The van der Waals surface area contributed by atoms with E-state index in [0.29, 0.717) is 12.0 Å². The molecule has 1 fully saturated rings. The van der Waals surface area contributed by atoms with Crippen molar-refractivity contribution in [2.45, 2.75) is 72.4 Å². The highest BCUT2D eigenvalue weighted by Gasteiger charge is 2.32. The highest BCUT2D eigenvalue weighted by Crippen LogP contribution is 2.34. The predicted molar refractivity (Wildman–Crippen MR) is 78.7 cm³/mol. The van der Waals surface area contributed by atoms with Crippen molar-refractivity contribution in [2.75, 3.05) is 13.1 Å². The van der Waals surface area contributed by atoms with E-state index in [1.54, 1.807) is 0 Å². The molecule has 0 bridgehead atoms. The zero-order valence-corrected chi connectivity index (χ0v) is 13.0. The summed E-state index contributed by atoms with van der Waals surface area (Å²) in [5.74, 6) is 2.06. The van der Waals surface area contributed by atoms with Crippen molar-refractivity contribution in [3.63, 3.8) is 0 Å². The summed E-state index contributed by atoms with van der Waals surface area (Å²) in [4.78, 5) is 2.54. The Morgan fingerprint density at radius 3 is 2.33 bits per heavy atom. The van der Waals surface area contributed by atoms with E-state index in [1.165, 1.54) is 19.3 Å². The molecule has 1 aliphatic rings. The maximum atomic E-state index is 10.2. The van der Waals surface area contributed by atoms with E-state index in [2.05, 4.69) is 39.5 Å². The van der Waals surface area contributed by atoms with E-state index >= 15 is 0 Å². The molecule has 0 spiro atoms. The van der Waals surface area contributed by atoms with Crippen LogP contribution in [0.15, 0.2) is 0 Å². The minimum atomic E-state index is -0.0712. The highest BCUT2D eigenvalue weighted by molar-refractivity contribution is 4.84. The SMILES string of the molecule is CCC(C)N(CC)CC1CC(C(C)C)CCC1O. The minimum Gasteiger partial charge on any atom is -0.393 e. The average Bonchev–Trinajstić information content (AvgIpc) is 2.36. The molecule has 0 aromatic carbocycles. The third kappa shape index (κ3) is 4.24. The first-order valence-corrected chi connectivity index (χ1v) is 7.91. The van der Waals surface area contributed by atoms with Crippen LogP contribution in [0.4, 0.5) is 0 Å². The second kappa shape index (κ2) is 7.49. The molecule has 18 heavy (non-hydrogen) atoms. The Labute approximate surface area is 114 Å². The lowest BCUT2D eigenvalue weighted by Crippen LogP contribution is -2.43. The predicted octanol–water partition coefficient (Wildman–Crippen LogP) is 3.54. The highest BCUT2D eigenvalue weighted by atomic mass is 16.3. The van der Waals surface area contributed by atoms with Gasteiger partial charge in [-0.3, -0.25) is 0 Å². The summed E-state index contributed by atoms with van der Waals surface area (Å²) >= 11 is 0. The first-order valence-electron chi connectivity index (χ1n) is 7.91. The molecule has 0 amide bonds. The molecule has 1 aliphatic carbocycles. The maximum absolute atomic E-state index is 10.2. The van der Waals surface area contributed by atoms with Crippen LogP contribution in [0.1, 0.15) is 60.3 Å². The normalized spacial score (nSPS) is 31.0. The summed E-state index contributed by atoms with van der Waals surface area (Å²) in [6, 6.07) is 0.640. The Kier molecular flexibility index (Phi) is 6.65. The van der Waals surface area contributed by atoms with E-state index in [9.17, 15) is 5.11 Å². The van der Waals surface area contributed by atoms with Gasteiger partial charge in [0.2, 0.25) is 0 Å². The van der Waals surface area contributed by atoms with Crippen LogP contribution in [0.25, 0.3) is 0 Å². The van der Waals surface area contributed by atoms with Gasteiger partial charge in [0.05, 0.1) is 6.10 Å². The van der Waals surface area contributed by atoms with Gasteiger partial charge in [0.1, 0.15) is 0 Å². The van der Waals surface area contributed by atoms with Crippen molar-refractivity contribution in [2.24, 2.45) is 17.8 Å². The molecule has 2 heteroatoms. The smallest absolute Gasteiger partial charge is 0.0580 e. The number of aliphatic hydroxyl groups is 1. The second-order valence-electron chi connectivity index (χ2n) is 6.49. The van der Waals surface area contributed by atoms with E-state index in [-0.39, 0.29) is 6.10 Å². The van der Waals surface area contributed by atoms with E-state index in [4.69, 9.17) is 0 Å². The standard InChI is InChI=1S/C16H33NO/c1-6-13(5)17(7-2)11-15-10-14(12(3)4)8-9-16(15)18/h12-16,18H,6-11H2,1-5H3. The summed E-state index contributed by atoms with van der Waals surface area (Å²) < 4.78 is 0. The van der Waals surface area contributed by atoms with Gasteiger partial charge in [0.25, 0.3) is 0 Å². The van der Waals surface area contributed by atoms with Crippen LogP contribution in [0.5, 0.6) is 0 Å². The van der Waals surface area contributed by atoms with E-state index in [0.717, 1.165) is 31.3 Å². The monoisotopic (exact) mass is 255 g/mol. The third-order valence-electron chi connectivity index (χ3n) is 5.02. The summed E-state index contributed by atoms with van der Waals surface area (Å²) in [5.41, 5.74) is 0. The van der Waals surface area contributed by atoms with Crippen LogP contribution in [0.2, 0.25) is 0 Å². The number of hydrogen-bond donors (Lipinski definition) is 1. The van der Waals surface area contributed by atoms with Crippen LogP contribution in [-0.4, -0.2) is 35.2 Å². The van der Waals surface area contributed by atoms with Gasteiger partial charge in [-0.25, -0.2) is 0 Å². The molecule has 0 saturated heterocycles. The lowest BCUT2D eigenvalue weighted by molar-refractivity contribution is 0.0128. The average molecular weight is 255 g/mol. The topological polar surface area (TPSA) is 23.5 Å². The van der Waals surface area contributed by atoms with Crippen molar-refractivity contribution in [1.29, 1.82) is 0 Å². The Bertz CT molecular complexity index is 229. The number of rotatable bonds is 6. The molecule has 0 radical (unpaired) electrons. The molecule has 0 heterocycles. The molecule has 2 nitrogen and oxygen atoms in total. The Morgan fingerprint density at radius 1 is 1.17 bits per heavy atom. The molecular formula is C16H33NO. The van der Waals surface area contributed by atoms with Gasteiger partial charge in [-0.1, -0.05) is 27.7 Å². The molecule has 0 aromatic rings. The lowest BCUT2D eigenvalue weighted by Gasteiger charge is -2.39. The number of aliphatic hydroxyl groups excluding tert-OH is 1. The quantitative estimate of drug-likeness (QED) is 0.784. The summed E-state index contributed by atoms with van der Waals surface area (Å²) in [5, 5.41) is 10.2. The molecule has 108 valence electrons. The fourth-order valence-electron chi connectivity index (χ4n) is 3.27. The second-order valence-corrected chi connectivity index (χ2v) is 6.49. The molecule has 1 saturated carbocycles. The number of hydrogen-bond acceptors (Lipinski definition) is 2. The summed E-state index contributed by atoms with van der Waals surface area (Å²) in [6.07, 6.45) is 4.56. The molecule has 1 rings (SSSR count). The Balaban J connectivity index is 2.56. The Hall–Kier alpha value is -0.0800. The van der Waals surface area contributed by atoms with Gasteiger partial charge in [0, 0.05) is 12.6 Å². The van der Waals surface area contributed by atoms with Gasteiger partial charge in [-0.2, -0.15) is 0 Å². The molecule has 4 atom stereocenters. The molecule has 4 unspecified atom stereocenters. The van der Waals surface area contributed by atoms with Crippen LogP contribution < -0.4 is 0 Å². The van der Waals surface area contributed by atoms with Crippen molar-refractivity contribution < 1.29 is 5.11 Å². The van der Waals surface area contributed by atoms with Crippen molar-refractivity contribution >= 4 is 0 Å². The van der Waals surface area contributed by atoms with Crippen LogP contribution >= 0.6 is 0 Å². The number of nitrogens with zero attached hydrogens (tertiary/aromatic N) is 1. The first kappa shape index (κ1) is 16.0. The van der Waals surface area contributed by atoms with Crippen molar-refractivity contribution in [3.8, 4) is 0 Å². The third-order valence-corrected chi connectivity index (χ3v) is 5.02. The van der Waals surface area contributed by atoms with Gasteiger partial charge < -0.3 is 10.0 Å².